The molecule has 1 atom stereocenters. The average molecular weight is 562 g/mol. The molecule has 5 heteroatoms. The second-order valence-corrected chi connectivity index (χ2v) is 7.15. The molecule has 1 rings (SSSR count). The predicted octanol–water partition coefficient (Wildman–Crippen LogP) is 4.75. The van der Waals surface area contributed by atoms with Crippen LogP contribution in [0, 0.1) is 16.6 Å². The lowest BCUT2D eigenvalue weighted by Gasteiger charge is -2.13. The maximum atomic E-state index is 5.77. The van der Waals surface area contributed by atoms with Crippen molar-refractivity contribution < 1.29 is 4.74 Å². The van der Waals surface area contributed by atoms with Crippen LogP contribution < -0.4 is 4.74 Å². The molecule has 0 radical (unpaired) electrons. The van der Waals surface area contributed by atoms with E-state index < -0.39 is 0 Å². The van der Waals surface area contributed by atoms with Gasteiger partial charge in [-0.05, 0) is 79.9 Å². The molecule has 0 bridgehead atoms. The normalized spacial score (nSPS) is 12.6. The number of hydrogen-bond donors (Lipinski definition) is 0. The summed E-state index contributed by atoms with van der Waals surface area (Å²) >= 11 is 12.7. The highest BCUT2D eigenvalue weighted by Crippen LogP contribution is 2.29. The average Bonchev–Trinajstić information content (AvgIpc) is 2.15. The molecule has 1 aromatic rings. The standard InChI is InChI=1S/C10H10ClI3O/c1-6(4-11)5-15-10-8(13)2-7(12)3-9(10)14/h2-3,6H,4-5H2,1H3. The van der Waals surface area contributed by atoms with Crippen molar-refractivity contribution in [2.24, 2.45) is 5.92 Å². The van der Waals surface area contributed by atoms with Crippen molar-refractivity contribution in [1.82, 2.24) is 0 Å². The summed E-state index contributed by atoms with van der Waals surface area (Å²) in [5.41, 5.74) is 0. The Kier molecular flexibility index (Phi) is 6.84. The fraction of sp³-hybridized carbons (Fsp3) is 0.400. The van der Waals surface area contributed by atoms with Crippen LogP contribution in [0.25, 0.3) is 0 Å². The molecule has 1 unspecified atom stereocenters. The van der Waals surface area contributed by atoms with Crippen LogP contribution in [0.15, 0.2) is 12.1 Å². The van der Waals surface area contributed by atoms with Gasteiger partial charge in [-0.25, -0.2) is 0 Å². The fourth-order valence-electron chi connectivity index (χ4n) is 0.937. The van der Waals surface area contributed by atoms with Crippen molar-refractivity contribution in [1.29, 1.82) is 0 Å². The first kappa shape index (κ1) is 14.6. The summed E-state index contributed by atoms with van der Waals surface area (Å²) in [6.45, 7) is 2.76. The van der Waals surface area contributed by atoms with Gasteiger partial charge < -0.3 is 4.74 Å². The van der Waals surface area contributed by atoms with Gasteiger partial charge in [0.1, 0.15) is 5.75 Å². The summed E-state index contributed by atoms with van der Waals surface area (Å²) < 4.78 is 9.32. The van der Waals surface area contributed by atoms with E-state index in [4.69, 9.17) is 16.3 Å². The first-order valence-electron chi connectivity index (χ1n) is 4.38. The monoisotopic (exact) mass is 562 g/mol. The second kappa shape index (κ2) is 7.05. The number of alkyl halides is 1. The van der Waals surface area contributed by atoms with E-state index in [1.54, 1.807) is 0 Å². The molecule has 0 amide bonds. The van der Waals surface area contributed by atoms with Crippen molar-refractivity contribution in [3.8, 4) is 5.75 Å². The summed E-state index contributed by atoms with van der Waals surface area (Å²) in [6, 6.07) is 4.23. The van der Waals surface area contributed by atoms with Gasteiger partial charge in [0.25, 0.3) is 0 Å². The van der Waals surface area contributed by atoms with Crippen LogP contribution in [0.1, 0.15) is 6.92 Å². The van der Waals surface area contributed by atoms with Crippen LogP contribution in [0.3, 0.4) is 0 Å². The Labute approximate surface area is 136 Å². The number of rotatable bonds is 4. The topological polar surface area (TPSA) is 9.23 Å². The van der Waals surface area contributed by atoms with Gasteiger partial charge in [0.2, 0.25) is 0 Å². The molecule has 0 saturated carbocycles. The smallest absolute Gasteiger partial charge is 0.146 e. The highest BCUT2D eigenvalue weighted by atomic mass is 127. The van der Waals surface area contributed by atoms with Gasteiger partial charge in [-0.2, -0.15) is 0 Å². The summed E-state index contributed by atoms with van der Waals surface area (Å²) in [4.78, 5) is 0. The molecular weight excluding hydrogens is 552 g/mol. The SMILES string of the molecule is CC(CCl)COc1c(I)cc(I)cc1I. The zero-order chi connectivity index (χ0) is 11.4. The van der Waals surface area contributed by atoms with Gasteiger partial charge in [0, 0.05) is 15.4 Å². The molecule has 1 aromatic carbocycles. The molecular formula is C10H10ClI3O. The van der Waals surface area contributed by atoms with E-state index in [0.29, 0.717) is 18.4 Å². The van der Waals surface area contributed by atoms with Gasteiger partial charge in [0.15, 0.2) is 0 Å². The third-order valence-corrected chi connectivity index (χ3v) is 4.49. The second-order valence-electron chi connectivity index (χ2n) is 3.27. The first-order chi connectivity index (χ1) is 7.04. The van der Waals surface area contributed by atoms with E-state index in [0.717, 1.165) is 12.9 Å². The summed E-state index contributed by atoms with van der Waals surface area (Å²) in [5, 5.41) is 0. The molecule has 84 valence electrons. The molecule has 15 heavy (non-hydrogen) atoms. The number of benzene rings is 1. The van der Waals surface area contributed by atoms with Gasteiger partial charge >= 0.3 is 0 Å². The summed E-state index contributed by atoms with van der Waals surface area (Å²) in [6.07, 6.45) is 0. The van der Waals surface area contributed by atoms with E-state index in [1.165, 1.54) is 3.57 Å². The Hall–Kier alpha value is 1.50. The predicted molar refractivity (Wildman–Crippen MR) is 90.0 cm³/mol. The minimum absolute atomic E-state index is 0.387. The molecule has 0 heterocycles. The molecule has 0 saturated heterocycles. The maximum absolute atomic E-state index is 5.77. The largest absolute Gasteiger partial charge is 0.491 e. The lowest BCUT2D eigenvalue weighted by atomic mass is 10.2. The van der Waals surface area contributed by atoms with Gasteiger partial charge in [-0.1, -0.05) is 6.92 Å². The van der Waals surface area contributed by atoms with Crippen molar-refractivity contribution >= 4 is 79.4 Å². The fourth-order valence-corrected chi connectivity index (χ4v) is 4.92. The van der Waals surface area contributed by atoms with Crippen LogP contribution in [-0.2, 0) is 0 Å². The lowest BCUT2D eigenvalue weighted by Crippen LogP contribution is -2.11. The number of hydrogen-bond acceptors (Lipinski definition) is 1. The van der Waals surface area contributed by atoms with Crippen LogP contribution in [0.4, 0.5) is 0 Å². The molecule has 0 aromatic heterocycles. The van der Waals surface area contributed by atoms with Crippen molar-refractivity contribution in [2.75, 3.05) is 12.5 Å². The van der Waals surface area contributed by atoms with Crippen LogP contribution in [0.2, 0.25) is 0 Å². The Morgan fingerprint density at radius 3 is 2.27 bits per heavy atom. The minimum atomic E-state index is 0.387. The van der Waals surface area contributed by atoms with Gasteiger partial charge in [-0.15, -0.1) is 11.6 Å². The van der Waals surface area contributed by atoms with E-state index in [9.17, 15) is 0 Å². The molecule has 0 aliphatic rings. The Bertz CT molecular complexity index is 320. The van der Waals surface area contributed by atoms with Crippen LogP contribution in [-0.4, -0.2) is 12.5 Å². The maximum Gasteiger partial charge on any atom is 0.146 e. The molecule has 0 spiro atoms. The first-order valence-corrected chi connectivity index (χ1v) is 8.15. The Balaban J connectivity index is 2.77. The third-order valence-electron chi connectivity index (χ3n) is 1.74. The van der Waals surface area contributed by atoms with Gasteiger partial charge in [0.05, 0.1) is 13.7 Å². The zero-order valence-electron chi connectivity index (χ0n) is 8.07. The van der Waals surface area contributed by atoms with Crippen LogP contribution in [0.5, 0.6) is 5.75 Å². The van der Waals surface area contributed by atoms with Gasteiger partial charge in [-0.3, -0.25) is 0 Å². The highest BCUT2D eigenvalue weighted by Gasteiger charge is 2.09. The number of ether oxygens (including phenoxy) is 1. The Morgan fingerprint density at radius 2 is 1.80 bits per heavy atom. The quantitative estimate of drug-likeness (QED) is 0.381. The third kappa shape index (κ3) is 4.71. The molecule has 0 fully saturated rings. The van der Waals surface area contributed by atoms with E-state index in [-0.39, 0.29) is 0 Å². The molecule has 0 N–H and O–H groups in total. The zero-order valence-corrected chi connectivity index (χ0v) is 15.3. The molecule has 1 nitrogen and oxygen atoms in total. The summed E-state index contributed by atoms with van der Waals surface area (Å²) in [7, 11) is 0. The Morgan fingerprint density at radius 1 is 1.27 bits per heavy atom. The minimum Gasteiger partial charge on any atom is -0.491 e. The van der Waals surface area contributed by atoms with Crippen molar-refractivity contribution in [3.05, 3.63) is 22.8 Å². The van der Waals surface area contributed by atoms with Crippen LogP contribution >= 0.6 is 79.4 Å². The van der Waals surface area contributed by atoms with E-state index in [1.807, 2.05) is 0 Å². The van der Waals surface area contributed by atoms with E-state index >= 15 is 0 Å². The van der Waals surface area contributed by atoms with Crippen molar-refractivity contribution in [2.45, 2.75) is 6.92 Å². The number of halogens is 4. The summed E-state index contributed by atoms with van der Waals surface area (Å²) in [5.74, 6) is 2.00. The molecule has 0 aliphatic carbocycles. The van der Waals surface area contributed by atoms with Crippen molar-refractivity contribution in [3.63, 3.8) is 0 Å². The molecule has 0 aliphatic heterocycles. The lowest BCUT2D eigenvalue weighted by molar-refractivity contribution is 0.269. The van der Waals surface area contributed by atoms with E-state index in [2.05, 4.69) is 86.8 Å². The highest BCUT2D eigenvalue weighted by molar-refractivity contribution is 14.1.